The van der Waals surface area contributed by atoms with E-state index in [1.807, 2.05) is 12.4 Å². The number of rotatable bonds is 6. The largest absolute Gasteiger partial charge is 0.308 e. The lowest BCUT2D eigenvalue weighted by Gasteiger charge is -2.27. The highest BCUT2D eigenvalue weighted by molar-refractivity contribution is 5.27. The Balaban J connectivity index is 1.56. The predicted octanol–water partition coefficient (Wildman–Crippen LogP) is 2.69. The Bertz CT molecular complexity index is 529. The molecule has 1 fully saturated rings. The van der Waals surface area contributed by atoms with E-state index in [0.29, 0.717) is 0 Å². The molecule has 2 heterocycles. The normalized spacial score (nSPS) is 16.2. The summed E-state index contributed by atoms with van der Waals surface area (Å²) in [7, 11) is 0. The van der Waals surface area contributed by atoms with E-state index in [-0.39, 0.29) is 0 Å². The summed E-state index contributed by atoms with van der Waals surface area (Å²) >= 11 is 0. The minimum Gasteiger partial charge on any atom is -0.308 e. The van der Waals surface area contributed by atoms with Crippen molar-refractivity contribution in [3.05, 3.63) is 53.3 Å². The summed E-state index contributed by atoms with van der Waals surface area (Å²) in [5.74, 6) is 0. The molecular weight excluding hydrogens is 260 g/mol. The number of hydrogen-bond donors (Lipinski definition) is 2. The van der Waals surface area contributed by atoms with E-state index in [1.165, 1.54) is 49.0 Å². The number of nitrogens with zero attached hydrogens (tertiary/aromatic N) is 2. The van der Waals surface area contributed by atoms with E-state index in [9.17, 15) is 0 Å². The molecule has 4 nitrogen and oxygen atoms in total. The van der Waals surface area contributed by atoms with Gasteiger partial charge in [0.15, 0.2) is 0 Å². The lowest BCUT2D eigenvalue weighted by Crippen LogP contribution is -2.29. The monoisotopic (exact) mass is 284 g/mol. The minimum absolute atomic E-state index is 0.856. The predicted molar refractivity (Wildman–Crippen MR) is 84.7 cm³/mol. The molecule has 1 aliphatic heterocycles. The second kappa shape index (κ2) is 7.38. The third-order valence-corrected chi connectivity index (χ3v) is 4.16. The zero-order valence-corrected chi connectivity index (χ0v) is 12.5. The fourth-order valence-corrected chi connectivity index (χ4v) is 2.96. The zero-order valence-electron chi connectivity index (χ0n) is 12.5. The lowest BCUT2D eigenvalue weighted by atomic mass is 10.0. The van der Waals surface area contributed by atoms with Gasteiger partial charge in [-0.1, -0.05) is 30.7 Å². The fraction of sp³-hybridized carbons (Fsp3) is 0.471. The maximum absolute atomic E-state index is 3.97. The molecule has 1 aromatic carbocycles. The number of likely N-dealkylation sites (tertiary alicyclic amines) is 1. The van der Waals surface area contributed by atoms with E-state index in [2.05, 4.69) is 44.7 Å². The third-order valence-electron chi connectivity index (χ3n) is 4.16. The Hall–Kier alpha value is -1.65. The van der Waals surface area contributed by atoms with Gasteiger partial charge in [0.25, 0.3) is 0 Å². The summed E-state index contributed by atoms with van der Waals surface area (Å²) in [4.78, 5) is 2.58. The third kappa shape index (κ3) is 4.16. The molecule has 0 saturated carbocycles. The number of aromatic amines is 1. The quantitative estimate of drug-likeness (QED) is 0.857. The summed E-state index contributed by atoms with van der Waals surface area (Å²) < 4.78 is 0. The molecule has 1 aromatic heterocycles. The Morgan fingerprint density at radius 3 is 2.62 bits per heavy atom. The smallest absolute Gasteiger partial charge is 0.0532 e. The van der Waals surface area contributed by atoms with Crippen LogP contribution in [0.3, 0.4) is 0 Å². The number of nitrogens with one attached hydrogen (secondary N) is 2. The molecule has 0 unspecified atom stereocenters. The lowest BCUT2D eigenvalue weighted by molar-refractivity contribution is 0.220. The molecule has 21 heavy (non-hydrogen) atoms. The van der Waals surface area contributed by atoms with Gasteiger partial charge in [0.05, 0.1) is 6.20 Å². The zero-order chi connectivity index (χ0) is 14.3. The first-order valence-corrected chi connectivity index (χ1v) is 7.89. The highest BCUT2D eigenvalue weighted by atomic mass is 15.1. The molecule has 3 rings (SSSR count). The van der Waals surface area contributed by atoms with Crippen molar-refractivity contribution in [1.29, 1.82) is 0 Å². The highest BCUT2D eigenvalue weighted by Crippen LogP contribution is 2.16. The van der Waals surface area contributed by atoms with Gasteiger partial charge in [0, 0.05) is 31.4 Å². The van der Waals surface area contributed by atoms with Crippen molar-refractivity contribution in [3.63, 3.8) is 0 Å². The summed E-state index contributed by atoms with van der Waals surface area (Å²) in [5, 5.41) is 10.3. The number of aromatic nitrogens is 2. The van der Waals surface area contributed by atoms with Gasteiger partial charge in [-0.2, -0.15) is 5.10 Å². The van der Waals surface area contributed by atoms with E-state index in [1.54, 1.807) is 0 Å². The molecule has 0 radical (unpaired) electrons. The van der Waals surface area contributed by atoms with Crippen molar-refractivity contribution in [2.45, 2.75) is 38.9 Å². The van der Waals surface area contributed by atoms with Crippen LogP contribution in [0.1, 0.15) is 36.0 Å². The van der Waals surface area contributed by atoms with Crippen LogP contribution in [0, 0.1) is 0 Å². The molecule has 0 atom stereocenters. The second-order valence-corrected chi connectivity index (χ2v) is 5.82. The van der Waals surface area contributed by atoms with Crippen LogP contribution in [0.2, 0.25) is 0 Å². The molecule has 0 bridgehead atoms. The molecule has 4 heteroatoms. The van der Waals surface area contributed by atoms with Crippen LogP contribution in [-0.2, 0) is 19.6 Å². The van der Waals surface area contributed by atoms with Crippen molar-refractivity contribution in [3.8, 4) is 0 Å². The SMILES string of the molecule is c1ccc(CN2CCCCC2)c(CNCc2cn[nH]c2)c1. The van der Waals surface area contributed by atoms with Gasteiger partial charge >= 0.3 is 0 Å². The van der Waals surface area contributed by atoms with Crippen molar-refractivity contribution in [1.82, 2.24) is 20.4 Å². The Morgan fingerprint density at radius 2 is 1.86 bits per heavy atom. The Labute approximate surface area is 126 Å². The Kier molecular flexibility index (Phi) is 5.03. The van der Waals surface area contributed by atoms with Crippen LogP contribution >= 0.6 is 0 Å². The standard InChI is InChI=1S/C17H24N4/c1-4-8-21(9-5-1)14-17-7-3-2-6-16(17)13-18-10-15-11-19-20-12-15/h2-3,6-7,11-12,18H,1,4-5,8-10,13-14H2,(H,19,20). The van der Waals surface area contributed by atoms with Crippen molar-refractivity contribution in [2.75, 3.05) is 13.1 Å². The number of H-pyrrole nitrogens is 1. The van der Waals surface area contributed by atoms with Gasteiger partial charge in [-0.15, -0.1) is 0 Å². The van der Waals surface area contributed by atoms with Crippen LogP contribution < -0.4 is 5.32 Å². The average Bonchev–Trinajstić information content (AvgIpc) is 3.03. The highest BCUT2D eigenvalue weighted by Gasteiger charge is 2.12. The first kappa shape index (κ1) is 14.3. The molecule has 0 amide bonds. The summed E-state index contributed by atoms with van der Waals surface area (Å²) in [6.07, 6.45) is 7.89. The fourth-order valence-electron chi connectivity index (χ4n) is 2.96. The van der Waals surface area contributed by atoms with Crippen LogP contribution in [-0.4, -0.2) is 28.2 Å². The van der Waals surface area contributed by atoms with Crippen molar-refractivity contribution < 1.29 is 0 Å². The van der Waals surface area contributed by atoms with Crippen molar-refractivity contribution in [2.24, 2.45) is 0 Å². The maximum Gasteiger partial charge on any atom is 0.0532 e. The van der Waals surface area contributed by atoms with Gasteiger partial charge in [0.1, 0.15) is 0 Å². The summed E-state index contributed by atoms with van der Waals surface area (Å²) in [6, 6.07) is 8.79. The summed E-state index contributed by atoms with van der Waals surface area (Å²) in [5.41, 5.74) is 4.06. The minimum atomic E-state index is 0.856. The Morgan fingerprint density at radius 1 is 1.05 bits per heavy atom. The van der Waals surface area contributed by atoms with Gasteiger partial charge in [0.2, 0.25) is 0 Å². The molecule has 112 valence electrons. The van der Waals surface area contributed by atoms with Crippen LogP contribution in [0.4, 0.5) is 0 Å². The van der Waals surface area contributed by atoms with E-state index in [0.717, 1.165) is 19.6 Å². The van der Waals surface area contributed by atoms with E-state index < -0.39 is 0 Å². The molecule has 2 aromatic rings. The average molecular weight is 284 g/mol. The van der Waals surface area contributed by atoms with Gasteiger partial charge in [-0.3, -0.25) is 10.00 Å². The summed E-state index contributed by atoms with van der Waals surface area (Å²) in [6.45, 7) is 5.35. The maximum atomic E-state index is 3.97. The number of benzene rings is 1. The van der Waals surface area contributed by atoms with Gasteiger partial charge in [-0.25, -0.2) is 0 Å². The van der Waals surface area contributed by atoms with Crippen LogP contribution in [0.25, 0.3) is 0 Å². The number of piperidine rings is 1. The molecule has 1 aliphatic rings. The van der Waals surface area contributed by atoms with E-state index >= 15 is 0 Å². The molecule has 1 saturated heterocycles. The molecule has 0 spiro atoms. The van der Waals surface area contributed by atoms with Gasteiger partial charge in [-0.05, 0) is 37.1 Å². The first-order chi connectivity index (χ1) is 10.4. The molecular formula is C17H24N4. The molecule has 0 aliphatic carbocycles. The van der Waals surface area contributed by atoms with E-state index in [4.69, 9.17) is 0 Å². The first-order valence-electron chi connectivity index (χ1n) is 7.89. The van der Waals surface area contributed by atoms with Crippen LogP contribution in [0.15, 0.2) is 36.7 Å². The van der Waals surface area contributed by atoms with Gasteiger partial charge < -0.3 is 5.32 Å². The van der Waals surface area contributed by atoms with Crippen LogP contribution in [0.5, 0.6) is 0 Å². The number of hydrogen-bond acceptors (Lipinski definition) is 3. The second-order valence-electron chi connectivity index (χ2n) is 5.82. The van der Waals surface area contributed by atoms with Crippen molar-refractivity contribution >= 4 is 0 Å². The molecule has 2 N–H and O–H groups in total. The topological polar surface area (TPSA) is 44.0 Å².